The van der Waals surface area contributed by atoms with E-state index in [0.29, 0.717) is 6.42 Å². The third-order valence-corrected chi connectivity index (χ3v) is 3.33. The first-order valence-electron chi connectivity index (χ1n) is 7.44. The molecule has 0 aliphatic rings. The molecule has 1 aromatic heterocycles. The summed E-state index contributed by atoms with van der Waals surface area (Å²) in [5.74, 6) is 0.165. The molecule has 0 aliphatic heterocycles. The zero-order valence-electron chi connectivity index (χ0n) is 12.9. The molecule has 110 valence electrons. The van der Waals surface area contributed by atoms with Gasteiger partial charge in [0.05, 0.1) is 6.04 Å². The molecule has 0 radical (unpaired) electrons. The van der Waals surface area contributed by atoms with Crippen molar-refractivity contribution in [2.75, 3.05) is 0 Å². The summed E-state index contributed by atoms with van der Waals surface area (Å²) in [7, 11) is 0. The average Bonchev–Trinajstić information content (AvgIpc) is 2.89. The lowest BCUT2D eigenvalue weighted by atomic mass is 9.96. The minimum atomic E-state index is -0.348. The van der Waals surface area contributed by atoms with E-state index >= 15 is 0 Å². The van der Waals surface area contributed by atoms with Crippen molar-refractivity contribution >= 4 is 16.7 Å². The van der Waals surface area contributed by atoms with Crippen LogP contribution in [0.5, 0.6) is 0 Å². The van der Waals surface area contributed by atoms with E-state index in [0.717, 1.165) is 11.9 Å². The fourth-order valence-corrected chi connectivity index (χ4v) is 2.22. The number of aromatic nitrogens is 1. The normalized spacial score (nSPS) is 12.1. The van der Waals surface area contributed by atoms with Crippen molar-refractivity contribution in [2.45, 2.75) is 46.6 Å². The Morgan fingerprint density at radius 3 is 2.55 bits per heavy atom. The predicted octanol–water partition coefficient (Wildman–Crippen LogP) is 3.68. The van der Waals surface area contributed by atoms with Gasteiger partial charge in [-0.05, 0) is 24.5 Å². The van der Waals surface area contributed by atoms with Crippen LogP contribution in [0.15, 0.2) is 30.5 Å². The summed E-state index contributed by atoms with van der Waals surface area (Å²) in [4.78, 5) is 15.0. The average molecular weight is 274 g/mol. The van der Waals surface area contributed by atoms with Gasteiger partial charge >= 0.3 is 0 Å². The molecular weight excluding hydrogens is 248 g/mol. The Labute approximate surface area is 121 Å². The summed E-state index contributed by atoms with van der Waals surface area (Å²) in [5, 5.41) is 1.22. The van der Waals surface area contributed by atoms with E-state index in [1.54, 1.807) is 0 Å². The van der Waals surface area contributed by atoms with Gasteiger partial charge in [-0.3, -0.25) is 4.79 Å². The number of nitrogens with one attached hydrogen (secondary N) is 1. The van der Waals surface area contributed by atoms with Gasteiger partial charge in [0.15, 0.2) is 5.78 Å². The van der Waals surface area contributed by atoms with E-state index in [-0.39, 0.29) is 17.7 Å². The summed E-state index contributed by atoms with van der Waals surface area (Å²) in [6.45, 7) is 7.79. The molecule has 3 nitrogen and oxygen atoms in total. The smallest absolute Gasteiger partial charge is 0.152 e. The second-order valence-electron chi connectivity index (χ2n) is 5.06. The van der Waals surface area contributed by atoms with Crippen LogP contribution in [-0.4, -0.2) is 16.8 Å². The topological polar surface area (TPSA) is 58.9 Å². The van der Waals surface area contributed by atoms with Crippen molar-refractivity contribution in [1.82, 2.24) is 4.98 Å². The van der Waals surface area contributed by atoms with Gasteiger partial charge in [0.2, 0.25) is 0 Å². The molecule has 0 saturated heterocycles. The van der Waals surface area contributed by atoms with Crippen molar-refractivity contribution in [3.63, 3.8) is 0 Å². The molecular formula is C17H26N2O. The lowest BCUT2D eigenvalue weighted by molar-refractivity contribution is -0.123. The number of hydrogen-bond acceptors (Lipinski definition) is 2. The number of benzene rings is 1. The van der Waals surface area contributed by atoms with E-state index in [1.807, 2.05) is 46.0 Å². The second kappa shape index (κ2) is 7.85. The van der Waals surface area contributed by atoms with Gasteiger partial charge in [0, 0.05) is 23.0 Å². The minimum absolute atomic E-state index is 0.0166. The highest BCUT2D eigenvalue weighted by atomic mass is 16.1. The maximum atomic E-state index is 11.7. The van der Waals surface area contributed by atoms with Crippen LogP contribution < -0.4 is 5.73 Å². The molecule has 0 spiro atoms. The van der Waals surface area contributed by atoms with E-state index in [4.69, 9.17) is 5.73 Å². The first kappa shape index (κ1) is 16.4. The van der Waals surface area contributed by atoms with Crippen molar-refractivity contribution < 1.29 is 4.79 Å². The molecule has 0 fully saturated rings. The van der Waals surface area contributed by atoms with Crippen LogP contribution in [0.2, 0.25) is 0 Å². The predicted molar refractivity (Wildman–Crippen MR) is 85.8 cm³/mol. The Morgan fingerprint density at radius 2 is 1.90 bits per heavy atom. The second-order valence-corrected chi connectivity index (χ2v) is 5.06. The highest BCUT2D eigenvalue weighted by molar-refractivity contribution is 5.86. The molecule has 0 amide bonds. The number of hydrogen-bond donors (Lipinski definition) is 2. The number of aryl methyl sites for hydroxylation is 1. The molecule has 1 atom stereocenters. The molecule has 2 aromatic rings. The summed E-state index contributed by atoms with van der Waals surface area (Å²) >= 11 is 0. The first-order chi connectivity index (χ1) is 9.59. The largest absolute Gasteiger partial charge is 0.361 e. The summed E-state index contributed by atoms with van der Waals surface area (Å²) in [5.41, 5.74) is 8.29. The van der Waals surface area contributed by atoms with Crippen LogP contribution in [0.3, 0.4) is 0 Å². The zero-order chi connectivity index (χ0) is 15.1. The molecule has 0 saturated carbocycles. The van der Waals surface area contributed by atoms with E-state index < -0.39 is 0 Å². The van der Waals surface area contributed by atoms with E-state index in [2.05, 4.69) is 17.1 Å². The molecule has 3 heteroatoms. The van der Waals surface area contributed by atoms with Gasteiger partial charge in [0.1, 0.15) is 0 Å². The highest BCUT2D eigenvalue weighted by Gasteiger charge is 2.17. The summed E-state index contributed by atoms with van der Waals surface area (Å²) < 4.78 is 0. The number of para-hydroxylation sites is 1. The quantitative estimate of drug-likeness (QED) is 0.873. The van der Waals surface area contributed by atoms with Gasteiger partial charge in [0.25, 0.3) is 0 Å². The number of nitrogens with two attached hydrogens (primary N) is 1. The molecule has 3 N–H and O–H groups in total. The third kappa shape index (κ3) is 3.94. The lowest BCUT2D eigenvalue weighted by Crippen LogP contribution is -2.34. The lowest BCUT2D eigenvalue weighted by Gasteiger charge is -2.12. The molecule has 20 heavy (non-hydrogen) atoms. The van der Waals surface area contributed by atoms with Crippen LogP contribution in [0.4, 0.5) is 0 Å². The van der Waals surface area contributed by atoms with E-state index in [1.165, 1.54) is 10.9 Å². The Morgan fingerprint density at radius 1 is 1.25 bits per heavy atom. The van der Waals surface area contributed by atoms with Crippen LogP contribution in [0.25, 0.3) is 10.9 Å². The Hall–Kier alpha value is -1.61. The highest BCUT2D eigenvalue weighted by Crippen LogP contribution is 2.19. The summed E-state index contributed by atoms with van der Waals surface area (Å²) in [6.07, 6.45) is 3.56. The third-order valence-electron chi connectivity index (χ3n) is 3.33. The molecule has 1 aromatic carbocycles. The number of rotatable bonds is 5. The number of ketones is 1. The number of carbonyl (C=O) groups excluding carboxylic acids is 1. The molecule has 0 unspecified atom stereocenters. The standard InChI is InChI=1S/C15H20N2O.C2H6/c1-10(2)15(18)13(16)8-7-11-9-17-14-6-4-3-5-12(11)14;1-2/h3-6,9-10,13,17H,7-8,16H2,1-2H3;1-2H3/t13-;/m0./s1. The van der Waals surface area contributed by atoms with Crippen molar-refractivity contribution in [3.05, 3.63) is 36.0 Å². The number of carbonyl (C=O) groups is 1. The van der Waals surface area contributed by atoms with Crippen molar-refractivity contribution in [3.8, 4) is 0 Å². The maximum absolute atomic E-state index is 11.7. The minimum Gasteiger partial charge on any atom is -0.361 e. The van der Waals surface area contributed by atoms with Crippen LogP contribution in [-0.2, 0) is 11.2 Å². The van der Waals surface area contributed by atoms with Crippen molar-refractivity contribution in [1.29, 1.82) is 0 Å². The maximum Gasteiger partial charge on any atom is 0.152 e. The molecule has 0 aliphatic carbocycles. The molecule has 0 bridgehead atoms. The van der Waals surface area contributed by atoms with Gasteiger partial charge in [-0.2, -0.15) is 0 Å². The first-order valence-corrected chi connectivity index (χ1v) is 7.44. The number of H-pyrrole nitrogens is 1. The Bertz CT molecular complexity index is 543. The monoisotopic (exact) mass is 274 g/mol. The zero-order valence-corrected chi connectivity index (χ0v) is 12.9. The number of Topliss-reactive ketones (excluding diaryl/α,β-unsaturated/α-hetero) is 1. The summed E-state index contributed by atoms with van der Waals surface area (Å²) in [6, 6.07) is 7.84. The molecule has 2 rings (SSSR count). The van der Waals surface area contributed by atoms with Gasteiger partial charge in [-0.15, -0.1) is 0 Å². The van der Waals surface area contributed by atoms with Crippen LogP contribution >= 0.6 is 0 Å². The van der Waals surface area contributed by atoms with Gasteiger partial charge in [-0.1, -0.05) is 45.9 Å². The number of aromatic amines is 1. The van der Waals surface area contributed by atoms with Gasteiger partial charge < -0.3 is 10.7 Å². The van der Waals surface area contributed by atoms with Crippen molar-refractivity contribution in [2.24, 2.45) is 11.7 Å². The van der Waals surface area contributed by atoms with Crippen LogP contribution in [0.1, 0.15) is 39.7 Å². The van der Waals surface area contributed by atoms with Gasteiger partial charge in [-0.25, -0.2) is 0 Å². The van der Waals surface area contributed by atoms with E-state index in [9.17, 15) is 4.79 Å². The SMILES string of the molecule is CC.CC(C)C(=O)[C@@H](N)CCc1c[nH]c2ccccc12. The van der Waals surface area contributed by atoms with Crippen LogP contribution in [0, 0.1) is 5.92 Å². The fourth-order valence-electron chi connectivity index (χ4n) is 2.22. The number of fused-ring (bicyclic) bond motifs is 1. The molecule has 1 heterocycles. The Kier molecular flexibility index (Phi) is 6.46. The fraction of sp³-hybridized carbons (Fsp3) is 0.471. The Balaban J connectivity index is 0.000000956.